The van der Waals surface area contributed by atoms with Crippen LogP contribution in [0.25, 0.3) is 0 Å². The Morgan fingerprint density at radius 3 is 2.44 bits per heavy atom. The lowest BCUT2D eigenvalue weighted by Gasteiger charge is -2.35. The summed E-state index contributed by atoms with van der Waals surface area (Å²) in [4.78, 5) is 24.2. The zero-order chi connectivity index (χ0) is 18.6. The van der Waals surface area contributed by atoms with Crippen molar-refractivity contribution in [3.63, 3.8) is 0 Å². The molecule has 0 aliphatic carbocycles. The topological polar surface area (TPSA) is 119 Å². The average Bonchev–Trinajstić information content (AvgIpc) is 3.13. The molecule has 138 valence electrons. The van der Waals surface area contributed by atoms with E-state index in [2.05, 4.69) is 0 Å². The number of benzene rings is 1. The van der Waals surface area contributed by atoms with E-state index in [0.717, 1.165) is 18.4 Å². The highest BCUT2D eigenvalue weighted by molar-refractivity contribution is 5.82. The molecule has 0 aromatic heterocycles. The first kappa shape index (κ1) is 19.3. The number of hydrogen-bond donors (Lipinski definition) is 2. The number of nitro benzene ring substituents is 1. The number of nitro groups is 1. The molecule has 0 bridgehead atoms. The van der Waals surface area contributed by atoms with Gasteiger partial charge in [0, 0.05) is 25.2 Å². The van der Waals surface area contributed by atoms with E-state index in [1.165, 1.54) is 12.1 Å². The molecular formula is C17H25N3O5. The van der Waals surface area contributed by atoms with Crippen molar-refractivity contribution in [1.82, 2.24) is 4.90 Å². The minimum absolute atomic E-state index is 0.00118. The second-order valence-corrected chi connectivity index (χ2v) is 6.82. The lowest BCUT2D eigenvalue weighted by atomic mass is 9.94. The van der Waals surface area contributed by atoms with Crippen molar-refractivity contribution in [3.05, 3.63) is 39.9 Å². The molecule has 1 heterocycles. The van der Waals surface area contributed by atoms with E-state index in [4.69, 9.17) is 10.5 Å². The number of hydrogen-bond acceptors (Lipinski definition) is 6. The van der Waals surface area contributed by atoms with Gasteiger partial charge in [-0.25, -0.2) is 0 Å². The van der Waals surface area contributed by atoms with E-state index in [0.29, 0.717) is 13.1 Å². The summed E-state index contributed by atoms with van der Waals surface area (Å²) in [6, 6.07) is 4.92. The Kier molecular flexibility index (Phi) is 6.10. The summed E-state index contributed by atoms with van der Waals surface area (Å²) >= 11 is 0. The maximum absolute atomic E-state index is 12.3. The Bertz CT molecular complexity index is 611. The van der Waals surface area contributed by atoms with Crippen LogP contribution in [0.2, 0.25) is 0 Å². The first-order valence-corrected chi connectivity index (χ1v) is 8.32. The Morgan fingerprint density at radius 1 is 1.36 bits per heavy atom. The molecule has 3 N–H and O–H groups in total. The van der Waals surface area contributed by atoms with Crippen LogP contribution in [-0.4, -0.2) is 51.7 Å². The van der Waals surface area contributed by atoms with E-state index >= 15 is 0 Å². The van der Waals surface area contributed by atoms with Crippen LogP contribution in [0.15, 0.2) is 24.3 Å². The Hall–Kier alpha value is -2.03. The number of ether oxygens (including phenoxy) is 1. The van der Waals surface area contributed by atoms with Gasteiger partial charge in [0.25, 0.3) is 5.69 Å². The van der Waals surface area contributed by atoms with Gasteiger partial charge >= 0.3 is 0 Å². The van der Waals surface area contributed by atoms with Gasteiger partial charge in [0.15, 0.2) is 0 Å². The summed E-state index contributed by atoms with van der Waals surface area (Å²) in [6.07, 6.45) is 0.738. The third-order valence-electron chi connectivity index (χ3n) is 4.51. The number of carbonyl (C=O) groups is 1. The minimum atomic E-state index is -1.17. The number of aliphatic hydroxyl groups excluding tert-OH is 1. The molecule has 0 saturated carbocycles. The highest BCUT2D eigenvalue weighted by atomic mass is 16.6. The zero-order valence-corrected chi connectivity index (χ0v) is 14.6. The second-order valence-electron chi connectivity index (χ2n) is 6.82. The fourth-order valence-corrected chi connectivity index (χ4v) is 2.78. The number of rotatable bonds is 7. The minimum Gasteiger partial charge on any atom is -0.388 e. The van der Waals surface area contributed by atoms with Crippen molar-refractivity contribution in [2.45, 2.75) is 51.0 Å². The number of nitrogens with zero attached hydrogens (tertiary/aromatic N) is 2. The van der Waals surface area contributed by atoms with E-state index < -0.39 is 22.7 Å². The maximum Gasteiger partial charge on any atom is 0.269 e. The van der Waals surface area contributed by atoms with Crippen molar-refractivity contribution >= 4 is 11.6 Å². The van der Waals surface area contributed by atoms with Crippen LogP contribution in [0.3, 0.4) is 0 Å². The van der Waals surface area contributed by atoms with Crippen molar-refractivity contribution in [3.8, 4) is 0 Å². The van der Waals surface area contributed by atoms with Gasteiger partial charge in [0.1, 0.15) is 12.1 Å². The van der Waals surface area contributed by atoms with Crippen molar-refractivity contribution in [1.29, 1.82) is 0 Å². The van der Waals surface area contributed by atoms with Crippen molar-refractivity contribution < 1.29 is 19.6 Å². The van der Waals surface area contributed by atoms with Gasteiger partial charge in [-0.2, -0.15) is 0 Å². The second kappa shape index (κ2) is 7.90. The van der Waals surface area contributed by atoms with Gasteiger partial charge in [-0.05, 0) is 44.4 Å². The summed E-state index contributed by atoms with van der Waals surface area (Å²) in [5, 5.41) is 21.1. The third-order valence-corrected chi connectivity index (χ3v) is 4.51. The van der Waals surface area contributed by atoms with Gasteiger partial charge in [0.2, 0.25) is 5.91 Å². The molecule has 2 atom stereocenters. The summed E-state index contributed by atoms with van der Waals surface area (Å²) in [5.41, 5.74) is 5.64. The predicted octanol–water partition coefficient (Wildman–Crippen LogP) is 1.20. The molecule has 1 saturated heterocycles. The number of amides is 1. The Morgan fingerprint density at radius 2 is 1.92 bits per heavy atom. The molecule has 1 aliphatic heterocycles. The smallest absolute Gasteiger partial charge is 0.269 e. The maximum atomic E-state index is 12.3. The third kappa shape index (κ3) is 4.75. The van der Waals surface area contributed by atoms with E-state index in [1.807, 2.05) is 0 Å². The highest BCUT2D eigenvalue weighted by Crippen LogP contribution is 2.22. The number of non-ortho nitro benzene ring substituents is 1. The average molecular weight is 351 g/mol. The Balaban J connectivity index is 1.94. The lowest BCUT2D eigenvalue weighted by molar-refractivity contribution is -0.384. The molecule has 8 heteroatoms. The van der Waals surface area contributed by atoms with Gasteiger partial charge in [-0.1, -0.05) is 0 Å². The first-order valence-electron chi connectivity index (χ1n) is 8.32. The number of likely N-dealkylation sites (tertiary alicyclic amines) is 1. The SMILES string of the molecule is CC(C)(OCc1ccc([N+](=O)[O-])cc1)C(O)[C@H](N)C(=O)N1CCCC1. The van der Waals surface area contributed by atoms with Crippen LogP contribution >= 0.6 is 0 Å². The quantitative estimate of drug-likeness (QED) is 0.563. The van der Waals surface area contributed by atoms with Crippen molar-refractivity contribution in [2.24, 2.45) is 5.73 Å². The molecule has 8 nitrogen and oxygen atoms in total. The molecule has 1 aromatic rings. The van der Waals surface area contributed by atoms with Gasteiger partial charge < -0.3 is 20.5 Å². The van der Waals surface area contributed by atoms with E-state index in [-0.39, 0.29) is 18.2 Å². The zero-order valence-electron chi connectivity index (χ0n) is 14.6. The van der Waals surface area contributed by atoms with Gasteiger partial charge in [-0.3, -0.25) is 14.9 Å². The molecule has 25 heavy (non-hydrogen) atoms. The summed E-state index contributed by atoms with van der Waals surface area (Å²) in [7, 11) is 0. The largest absolute Gasteiger partial charge is 0.388 e. The normalized spacial score (nSPS) is 17.4. The first-order chi connectivity index (χ1) is 11.7. The van der Waals surface area contributed by atoms with Crippen LogP contribution in [0.1, 0.15) is 32.3 Å². The fourth-order valence-electron chi connectivity index (χ4n) is 2.78. The van der Waals surface area contributed by atoms with Crippen LogP contribution in [0, 0.1) is 10.1 Å². The van der Waals surface area contributed by atoms with Crippen LogP contribution in [0.4, 0.5) is 5.69 Å². The molecule has 0 radical (unpaired) electrons. The van der Waals surface area contributed by atoms with E-state index in [1.54, 1.807) is 30.9 Å². The highest BCUT2D eigenvalue weighted by Gasteiger charge is 2.39. The number of nitrogens with two attached hydrogens (primary N) is 1. The molecule has 0 spiro atoms. The molecule has 1 aliphatic rings. The lowest BCUT2D eigenvalue weighted by Crippen LogP contribution is -2.57. The molecule has 1 amide bonds. The van der Waals surface area contributed by atoms with Crippen LogP contribution in [-0.2, 0) is 16.1 Å². The van der Waals surface area contributed by atoms with Crippen molar-refractivity contribution in [2.75, 3.05) is 13.1 Å². The van der Waals surface area contributed by atoms with Crippen LogP contribution < -0.4 is 5.73 Å². The van der Waals surface area contributed by atoms with Gasteiger partial charge in [0.05, 0.1) is 17.1 Å². The molecule has 1 fully saturated rings. The van der Waals surface area contributed by atoms with E-state index in [9.17, 15) is 20.0 Å². The standard InChI is InChI=1S/C17H25N3O5/c1-17(2,15(21)14(18)16(22)19-9-3-4-10-19)25-11-12-5-7-13(8-6-12)20(23)24/h5-8,14-15,21H,3-4,9-11,18H2,1-2H3/t14-,15?/m0/s1. The molecule has 1 aromatic carbocycles. The number of aliphatic hydroxyl groups is 1. The molecular weight excluding hydrogens is 326 g/mol. The predicted molar refractivity (Wildman–Crippen MR) is 91.8 cm³/mol. The van der Waals surface area contributed by atoms with Gasteiger partial charge in [-0.15, -0.1) is 0 Å². The number of carbonyl (C=O) groups excluding carboxylic acids is 1. The molecule has 1 unspecified atom stereocenters. The summed E-state index contributed by atoms with van der Waals surface area (Å²) < 4.78 is 5.74. The summed E-state index contributed by atoms with van der Waals surface area (Å²) in [5.74, 6) is -0.267. The monoisotopic (exact) mass is 351 g/mol. The fraction of sp³-hybridized carbons (Fsp3) is 0.588. The summed E-state index contributed by atoms with van der Waals surface area (Å²) in [6.45, 7) is 4.82. The Labute approximate surface area is 146 Å². The van der Waals surface area contributed by atoms with Crippen LogP contribution in [0.5, 0.6) is 0 Å². The molecule has 2 rings (SSSR count).